The van der Waals surface area contributed by atoms with E-state index < -0.39 is 5.97 Å². The summed E-state index contributed by atoms with van der Waals surface area (Å²) < 4.78 is 0. The lowest BCUT2D eigenvalue weighted by Crippen LogP contribution is -2.09. The molecule has 0 aliphatic rings. The van der Waals surface area contributed by atoms with Gasteiger partial charge in [0.2, 0.25) is 0 Å². The Morgan fingerprint density at radius 2 is 2.00 bits per heavy atom. The van der Waals surface area contributed by atoms with Gasteiger partial charge in [-0.05, 0) is 43.5 Å². The first-order valence-electron chi connectivity index (χ1n) is 4.53. The smallest absolute Gasteiger partial charge is 0.335 e. The highest BCUT2D eigenvalue weighted by Crippen LogP contribution is 2.19. The topological polar surface area (TPSA) is 63.3 Å². The Bertz CT molecular complexity index is 370. The van der Waals surface area contributed by atoms with Crippen molar-refractivity contribution in [3.05, 3.63) is 34.4 Å². The molecular formula is C11H15NO2. The van der Waals surface area contributed by atoms with Crippen molar-refractivity contribution in [2.75, 3.05) is 0 Å². The minimum absolute atomic E-state index is 0.132. The number of aryl methyl sites for hydroxylation is 1. The minimum atomic E-state index is -0.895. The summed E-state index contributed by atoms with van der Waals surface area (Å²) in [5.74, 6) is -0.895. The fraction of sp³-hybridized carbons (Fsp3) is 0.364. The van der Waals surface area contributed by atoms with Crippen molar-refractivity contribution < 1.29 is 9.90 Å². The van der Waals surface area contributed by atoms with Gasteiger partial charge in [0, 0.05) is 6.04 Å². The van der Waals surface area contributed by atoms with Crippen molar-refractivity contribution in [3.8, 4) is 0 Å². The highest BCUT2D eigenvalue weighted by Gasteiger charge is 2.12. The maximum atomic E-state index is 10.9. The molecule has 0 saturated carbocycles. The molecule has 3 nitrogen and oxygen atoms in total. The number of carbonyl (C=O) groups is 1. The van der Waals surface area contributed by atoms with Crippen LogP contribution in [0.5, 0.6) is 0 Å². The Kier molecular flexibility index (Phi) is 2.91. The van der Waals surface area contributed by atoms with Crippen LogP contribution in [-0.4, -0.2) is 11.1 Å². The second kappa shape index (κ2) is 3.80. The zero-order chi connectivity index (χ0) is 10.9. The van der Waals surface area contributed by atoms with Crippen LogP contribution in [0.2, 0.25) is 0 Å². The van der Waals surface area contributed by atoms with Gasteiger partial charge in [-0.3, -0.25) is 0 Å². The molecule has 1 atom stereocenters. The molecule has 3 N–H and O–H groups in total. The van der Waals surface area contributed by atoms with Crippen LogP contribution in [0.25, 0.3) is 0 Å². The fourth-order valence-electron chi connectivity index (χ4n) is 1.37. The van der Waals surface area contributed by atoms with Crippen LogP contribution in [0.4, 0.5) is 0 Å². The number of hydrogen-bond acceptors (Lipinski definition) is 2. The molecule has 76 valence electrons. The molecule has 0 aliphatic carbocycles. The molecule has 1 rings (SSSR count). The summed E-state index contributed by atoms with van der Waals surface area (Å²) in [7, 11) is 0. The number of aromatic carboxylic acids is 1. The predicted octanol–water partition coefficient (Wildman–Crippen LogP) is 2.02. The van der Waals surface area contributed by atoms with E-state index in [2.05, 4.69) is 0 Å². The molecule has 0 heterocycles. The van der Waals surface area contributed by atoms with Crippen LogP contribution >= 0.6 is 0 Å². The molecule has 0 bridgehead atoms. The maximum Gasteiger partial charge on any atom is 0.335 e. The van der Waals surface area contributed by atoms with Gasteiger partial charge in [0.15, 0.2) is 0 Å². The van der Waals surface area contributed by atoms with Crippen molar-refractivity contribution in [1.82, 2.24) is 0 Å². The lowest BCUT2D eigenvalue weighted by Gasteiger charge is -2.11. The van der Waals surface area contributed by atoms with E-state index in [1.165, 1.54) is 0 Å². The fourth-order valence-corrected chi connectivity index (χ4v) is 1.37. The third kappa shape index (κ3) is 1.93. The average Bonchev–Trinajstić information content (AvgIpc) is 2.08. The largest absolute Gasteiger partial charge is 0.478 e. The number of hydrogen-bond donors (Lipinski definition) is 2. The van der Waals surface area contributed by atoms with Crippen molar-refractivity contribution in [1.29, 1.82) is 0 Å². The molecule has 3 heteroatoms. The van der Waals surface area contributed by atoms with Gasteiger partial charge in [0.25, 0.3) is 0 Å². The van der Waals surface area contributed by atoms with Gasteiger partial charge in [-0.15, -0.1) is 0 Å². The van der Waals surface area contributed by atoms with E-state index in [1.54, 1.807) is 6.07 Å². The third-order valence-electron chi connectivity index (χ3n) is 2.45. The van der Waals surface area contributed by atoms with E-state index in [1.807, 2.05) is 26.8 Å². The van der Waals surface area contributed by atoms with E-state index in [0.29, 0.717) is 5.56 Å². The lowest BCUT2D eigenvalue weighted by molar-refractivity contribution is 0.0696. The Morgan fingerprint density at radius 1 is 1.43 bits per heavy atom. The molecule has 0 fully saturated rings. The van der Waals surface area contributed by atoms with Crippen molar-refractivity contribution in [2.24, 2.45) is 5.73 Å². The van der Waals surface area contributed by atoms with Gasteiger partial charge in [-0.1, -0.05) is 6.07 Å². The van der Waals surface area contributed by atoms with E-state index in [9.17, 15) is 4.79 Å². The molecular weight excluding hydrogens is 178 g/mol. The molecule has 0 radical (unpaired) electrons. The zero-order valence-electron chi connectivity index (χ0n) is 8.66. The van der Waals surface area contributed by atoms with E-state index >= 15 is 0 Å². The summed E-state index contributed by atoms with van der Waals surface area (Å²) in [6.07, 6.45) is 0. The molecule has 0 aromatic heterocycles. The van der Waals surface area contributed by atoms with Crippen molar-refractivity contribution >= 4 is 5.97 Å². The summed E-state index contributed by atoms with van der Waals surface area (Å²) in [5, 5.41) is 8.96. The second-order valence-electron chi connectivity index (χ2n) is 3.60. The molecule has 0 spiro atoms. The molecule has 1 aromatic rings. The summed E-state index contributed by atoms with van der Waals surface area (Å²) in [4.78, 5) is 10.9. The standard InChI is InChI=1S/C11H15NO2/c1-6-4-9(8(3)12)5-10(7(6)2)11(13)14/h4-5,8H,12H2,1-3H3,(H,13,14). The van der Waals surface area contributed by atoms with E-state index in [0.717, 1.165) is 16.7 Å². The van der Waals surface area contributed by atoms with Crippen LogP contribution in [0.1, 0.15) is 40.0 Å². The van der Waals surface area contributed by atoms with Crippen LogP contribution in [0, 0.1) is 13.8 Å². The summed E-state index contributed by atoms with van der Waals surface area (Å²) >= 11 is 0. The molecule has 1 unspecified atom stereocenters. The Labute approximate surface area is 83.6 Å². The number of carboxylic acid groups (broad SMARTS) is 1. The number of nitrogens with two attached hydrogens (primary N) is 1. The normalized spacial score (nSPS) is 12.6. The number of rotatable bonds is 2. The first-order chi connectivity index (χ1) is 6.43. The Morgan fingerprint density at radius 3 is 2.43 bits per heavy atom. The average molecular weight is 193 g/mol. The summed E-state index contributed by atoms with van der Waals surface area (Å²) in [6.45, 7) is 5.55. The van der Waals surface area contributed by atoms with Crippen LogP contribution < -0.4 is 5.73 Å². The monoisotopic (exact) mass is 193 g/mol. The van der Waals surface area contributed by atoms with Crippen molar-refractivity contribution in [2.45, 2.75) is 26.8 Å². The van der Waals surface area contributed by atoms with Crippen LogP contribution in [0.3, 0.4) is 0 Å². The van der Waals surface area contributed by atoms with Crippen molar-refractivity contribution in [3.63, 3.8) is 0 Å². The Hall–Kier alpha value is -1.35. The Balaban J connectivity index is 3.35. The van der Waals surface area contributed by atoms with Crippen LogP contribution in [-0.2, 0) is 0 Å². The molecule has 1 aromatic carbocycles. The highest BCUT2D eigenvalue weighted by atomic mass is 16.4. The zero-order valence-corrected chi connectivity index (χ0v) is 8.66. The first kappa shape index (κ1) is 10.7. The summed E-state index contributed by atoms with van der Waals surface area (Å²) in [6, 6.07) is 3.45. The predicted molar refractivity (Wildman–Crippen MR) is 55.5 cm³/mol. The van der Waals surface area contributed by atoms with Gasteiger partial charge in [-0.25, -0.2) is 4.79 Å². The van der Waals surface area contributed by atoms with E-state index in [4.69, 9.17) is 10.8 Å². The van der Waals surface area contributed by atoms with E-state index in [-0.39, 0.29) is 6.04 Å². The first-order valence-corrected chi connectivity index (χ1v) is 4.53. The highest BCUT2D eigenvalue weighted by molar-refractivity contribution is 5.90. The van der Waals surface area contributed by atoms with Gasteiger partial charge in [-0.2, -0.15) is 0 Å². The van der Waals surface area contributed by atoms with Gasteiger partial charge in [0.05, 0.1) is 5.56 Å². The quantitative estimate of drug-likeness (QED) is 0.755. The number of benzene rings is 1. The molecule has 14 heavy (non-hydrogen) atoms. The molecule has 0 aliphatic heterocycles. The maximum absolute atomic E-state index is 10.9. The van der Waals surface area contributed by atoms with Gasteiger partial charge in [0.1, 0.15) is 0 Å². The lowest BCUT2D eigenvalue weighted by atomic mass is 9.97. The van der Waals surface area contributed by atoms with Gasteiger partial charge >= 0.3 is 5.97 Å². The second-order valence-corrected chi connectivity index (χ2v) is 3.60. The third-order valence-corrected chi connectivity index (χ3v) is 2.45. The molecule has 0 amide bonds. The van der Waals surface area contributed by atoms with Crippen LogP contribution in [0.15, 0.2) is 12.1 Å². The molecule has 0 saturated heterocycles. The minimum Gasteiger partial charge on any atom is -0.478 e. The number of carboxylic acids is 1. The summed E-state index contributed by atoms with van der Waals surface area (Å²) in [5.41, 5.74) is 8.70. The SMILES string of the molecule is Cc1cc(C(C)N)cc(C(=O)O)c1C. The van der Waals surface area contributed by atoms with Gasteiger partial charge < -0.3 is 10.8 Å².